The number of hydrogen-bond acceptors (Lipinski definition) is 4. The molecule has 0 saturated heterocycles. The van der Waals surface area contributed by atoms with Crippen molar-refractivity contribution in [1.82, 2.24) is 14.9 Å². The van der Waals surface area contributed by atoms with Crippen molar-refractivity contribution in [3.63, 3.8) is 0 Å². The average molecular weight is 351 g/mol. The predicted molar refractivity (Wildman–Crippen MR) is 98.0 cm³/mol. The number of rotatable bonds is 8. The number of alkyl carbamates (subject to hydrolysis) is 1. The molecule has 134 valence electrons. The summed E-state index contributed by atoms with van der Waals surface area (Å²) in [5.74, 6) is 1.47. The lowest BCUT2D eigenvalue weighted by molar-refractivity contribution is 0.139. The minimum atomic E-state index is -0.426. The van der Waals surface area contributed by atoms with Gasteiger partial charge in [-0.1, -0.05) is 30.3 Å². The minimum Gasteiger partial charge on any atom is -0.457 e. The van der Waals surface area contributed by atoms with Crippen LogP contribution in [0.1, 0.15) is 12.0 Å². The zero-order valence-electron chi connectivity index (χ0n) is 14.4. The van der Waals surface area contributed by atoms with Gasteiger partial charge in [-0.15, -0.1) is 0 Å². The van der Waals surface area contributed by atoms with Crippen LogP contribution in [0.15, 0.2) is 73.3 Å². The Morgan fingerprint density at radius 3 is 2.73 bits per heavy atom. The van der Waals surface area contributed by atoms with E-state index in [0.29, 0.717) is 12.3 Å². The topological polar surface area (TPSA) is 65.4 Å². The number of amides is 1. The van der Waals surface area contributed by atoms with Crippen molar-refractivity contribution >= 4 is 6.09 Å². The quantitative estimate of drug-likeness (QED) is 0.623. The summed E-state index contributed by atoms with van der Waals surface area (Å²) in [5, 5.41) is 2.74. The van der Waals surface area contributed by atoms with E-state index in [1.54, 1.807) is 12.5 Å². The Labute approximate surface area is 152 Å². The molecule has 0 aliphatic heterocycles. The van der Waals surface area contributed by atoms with Crippen molar-refractivity contribution in [2.45, 2.75) is 19.6 Å². The van der Waals surface area contributed by atoms with Gasteiger partial charge in [0.05, 0.1) is 6.33 Å². The molecule has 0 saturated carbocycles. The number of aromatic nitrogens is 2. The standard InChI is InChI=1S/C20H21N3O3/c24-20(22-10-5-12-23-13-11-21-16-23)25-15-17-6-4-9-19(14-17)26-18-7-2-1-3-8-18/h1-4,6-9,11,13-14,16H,5,10,12,15H2,(H,22,24). The van der Waals surface area contributed by atoms with Gasteiger partial charge in [-0.05, 0) is 36.2 Å². The van der Waals surface area contributed by atoms with E-state index in [1.165, 1.54) is 0 Å². The molecule has 0 fully saturated rings. The summed E-state index contributed by atoms with van der Waals surface area (Å²) in [6.45, 7) is 1.55. The molecule has 1 N–H and O–H groups in total. The van der Waals surface area contributed by atoms with E-state index in [-0.39, 0.29) is 6.61 Å². The second-order valence-electron chi connectivity index (χ2n) is 5.72. The van der Waals surface area contributed by atoms with Crippen LogP contribution in [0.5, 0.6) is 11.5 Å². The molecule has 0 spiro atoms. The maximum Gasteiger partial charge on any atom is 0.407 e. The normalized spacial score (nSPS) is 10.3. The van der Waals surface area contributed by atoms with Gasteiger partial charge < -0.3 is 19.4 Å². The number of aryl methyl sites for hydroxylation is 1. The number of hydrogen-bond donors (Lipinski definition) is 1. The highest BCUT2D eigenvalue weighted by Gasteiger charge is 2.04. The van der Waals surface area contributed by atoms with Crippen LogP contribution in [-0.2, 0) is 17.9 Å². The fourth-order valence-corrected chi connectivity index (χ4v) is 2.39. The molecular formula is C20H21N3O3. The van der Waals surface area contributed by atoms with Gasteiger partial charge in [0, 0.05) is 25.5 Å². The van der Waals surface area contributed by atoms with Crippen LogP contribution in [-0.4, -0.2) is 22.2 Å². The summed E-state index contributed by atoms with van der Waals surface area (Å²) >= 11 is 0. The highest BCUT2D eigenvalue weighted by Crippen LogP contribution is 2.22. The Hall–Kier alpha value is -3.28. The number of nitrogens with one attached hydrogen (secondary N) is 1. The maximum atomic E-state index is 11.8. The van der Waals surface area contributed by atoms with Crippen molar-refractivity contribution in [3.05, 3.63) is 78.9 Å². The minimum absolute atomic E-state index is 0.194. The lowest BCUT2D eigenvalue weighted by Crippen LogP contribution is -2.25. The maximum absolute atomic E-state index is 11.8. The molecule has 0 radical (unpaired) electrons. The van der Waals surface area contributed by atoms with Crippen molar-refractivity contribution < 1.29 is 14.3 Å². The van der Waals surface area contributed by atoms with Crippen LogP contribution < -0.4 is 10.1 Å². The van der Waals surface area contributed by atoms with Crippen LogP contribution in [0, 0.1) is 0 Å². The van der Waals surface area contributed by atoms with Gasteiger partial charge in [0.25, 0.3) is 0 Å². The molecule has 0 aliphatic carbocycles. The monoisotopic (exact) mass is 351 g/mol. The predicted octanol–water partition coefficient (Wildman–Crippen LogP) is 3.99. The van der Waals surface area contributed by atoms with Crippen LogP contribution in [0.3, 0.4) is 0 Å². The molecule has 1 amide bonds. The zero-order valence-corrected chi connectivity index (χ0v) is 14.4. The summed E-state index contributed by atoms with van der Waals surface area (Å²) in [6, 6.07) is 17.0. The molecule has 0 aliphatic rings. The number of imidazole rings is 1. The summed E-state index contributed by atoms with van der Waals surface area (Å²) in [5.41, 5.74) is 0.868. The molecule has 3 rings (SSSR count). The first-order chi connectivity index (χ1) is 12.8. The Balaban J connectivity index is 1.39. The lowest BCUT2D eigenvalue weighted by Gasteiger charge is -2.09. The van der Waals surface area contributed by atoms with E-state index in [1.807, 2.05) is 65.4 Å². The largest absolute Gasteiger partial charge is 0.457 e. The second kappa shape index (κ2) is 9.27. The molecule has 1 heterocycles. The van der Waals surface area contributed by atoms with Crippen molar-refractivity contribution in [2.24, 2.45) is 0 Å². The number of nitrogens with zero attached hydrogens (tertiary/aromatic N) is 2. The Morgan fingerprint density at radius 1 is 1.08 bits per heavy atom. The number of para-hydroxylation sites is 1. The first kappa shape index (κ1) is 17.5. The zero-order chi connectivity index (χ0) is 18.0. The number of benzene rings is 2. The summed E-state index contributed by atoms with van der Waals surface area (Å²) in [4.78, 5) is 15.7. The van der Waals surface area contributed by atoms with E-state index in [2.05, 4.69) is 10.3 Å². The van der Waals surface area contributed by atoms with Crippen LogP contribution in [0.25, 0.3) is 0 Å². The third kappa shape index (κ3) is 5.66. The van der Waals surface area contributed by atoms with Crippen molar-refractivity contribution in [3.8, 4) is 11.5 Å². The van der Waals surface area contributed by atoms with E-state index in [4.69, 9.17) is 9.47 Å². The first-order valence-electron chi connectivity index (χ1n) is 8.48. The molecule has 0 unspecified atom stereocenters. The van der Waals surface area contributed by atoms with Crippen LogP contribution in [0.4, 0.5) is 4.79 Å². The first-order valence-corrected chi connectivity index (χ1v) is 8.48. The van der Waals surface area contributed by atoms with Crippen molar-refractivity contribution in [1.29, 1.82) is 0 Å². The fraction of sp³-hybridized carbons (Fsp3) is 0.200. The van der Waals surface area contributed by atoms with E-state index < -0.39 is 6.09 Å². The molecule has 1 aromatic heterocycles. The van der Waals surface area contributed by atoms with Gasteiger partial charge in [0.15, 0.2) is 0 Å². The van der Waals surface area contributed by atoms with Gasteiger partial charge in [0.2, 0.25) is 0 Å². The fourth-order valence-electron chi connectivity index (χ4n) is 2.39. The summed E-state index contributed by atoms with van der Waals surface area (Å²) < 4.78 is 13.0. The van der Waals surface area contributed by atoms with E-state index in [0.717, 1.165) is 24.3 Å². The molecule has 3 aromatic rings. The number of ether oxygens (including phenoxy) is 2. The second-order valence-corrected chi connectivity index (χ2v) is 5.72. The molecule has 0 atom stereocenters. The molecule has 6 heteroatoms. The molecule has 0 bridgehead atoms. The summed E-state index contributed by atoms with van der Waals surface area (Å²) in [7, 11) is 0. The molecular weight excluding hydrogens is 330 g/mol. The Morgan fingerprint density at radius 2 is 1.92 bits per heavy atom. The van der Waals surface area contributed by atoms with Crippen molar-refractivity contribution in [2.75, 3.05) is 6.54 Å². The Kier molecular flexibility index (Phi) is 6.25. The number of carbonyl (C=O) groups excluding carboxylic acids is 1. The van der Waals surface area contributed by atoms with Crippen LogP contribution >= 0.6 is 0 Å². The third-order valence-electron chi connectivity index (χ3n) is 3.67. The number of carbonyl (C=O) groups is 1. The molecule has 2 aromatic carbocycles. The molecule has 6 nitrogen and oxygen atoms in total. The van der Waals surface area contributed by atoms with Gasteiger partial charge in [0.1, 0.15) is 18.1 Å². The Bertz CT molecular complexity index is 804. The lowest BCUT2D eigenvalue weighted by atomic mass is 10.2. The van der Waals surface area contributed by atoms with Gasteiger partial charge >= 0.3 is 6.09 Å². The van der Waals surface area contributed by atoms with Gasteiger partial charge in [-0.3, -0.25) is 0 Å². The van der Waals surface area contributed by atoms with E-state index in [9.17, 15) is 4.79 Å². The highest BCUT2D eigenvalue weighted by molar-refractivity contribution is 5.67. The SMILES string of the molecule is O=C(NCCCn1ccnc1)OCc1cccc(Oc2ccccc2)c1. The van der Waals surface area contributed by atoms with E-state index >= 15 is 0 Å². The molecule has 26 heavy (non-hydrogen) atoms. The highest BCUT2D eigenvalue weighted by atomic mass is 16.5. The van der Waals surface area contributed by atoms with Gasteiger partial charge in [-0.2, -0.15) is 0 Å². The average Bonchev–Trinajstić information content (AvgIpc) is 3.18. The summed E-state index contributed by atoms with van der Waals surface area (Å²) in [6.07, 6.45) is 5.76. The van der Waals surface area contributed by atoms with Gasteiger partial charge in [-0.25, -0.2) is 9.78 Å². The third-order valence-corrected chi connectivity index (χ3v) is 3.67. The smallest absolute Gasteiger partial charge is 0.407 e. The van der Waals surface area contributed by atoms with Crippen LogP contribution in [0.2, 0.25) is 0 Å².